The van der Waals surface area contributed by atoms with E-state index in [0.29, 0.717) is 44.3 Å². The highest BCUT2D eigenvalue weighted by molar-refractivity contribution is 7.09. The molecule has 2 fully saturated rings. The predicted molar refractivity (Wildman–Crippen MR) is 184 cm³/mol. The van der Waals surface area contributed by atoms with Crippen LogP contribution in [-0.4, -0.2) is 53.4 Å². The average molecular weight is 670 g/mol. The number of epoxide rings is 1. The zero-order chi connectivity index (χ0) is 34.2. The van der Waals surface area contributed by atoms with Crippen LogP contribution in [0.15, 0.2) is 29.2 Å². The normalized spacial score (nSPS) is 25.2. The van der Waals surface area contributed by atoms with Crippen LogP contribution >= 0.6 is 11.3 Å². The standard InChI is InChI=1S/C37H55N3O6S/c1-8-9-10-18-45-40-31(25(2)3)19-30(46-26(4)41)20-33-38-32(23-47-33)37(24-44-37)39-29(22-35(5,6)34(42)43)13-11-12-27-14-15-28-21-36(28,7)17-16-27/h1,14,16-17,23,25,28-31,39-40H,9-13,15,18-22,24H2,2-7H3,(H,42,43)/t28?,29-,30+,31+,36?,37?/m0/s1. The number of carbonyl (C=O) groups excluding carboxylic acids is 1. The van der Waals surface area contributed by atoms with E-state index >= 15 is 0 Å². The van der Waals surface area contributed by atoms with Gasteiger partial charge >= 0.3 is 11.9 Å². The van der Waals surface area contributed by atoms with Gasteiger partial charge in [0, 0.05) is 43.6 Å². The van der Waals surface area contributed by atoms with Crippen LogP contribution in [-0.2, 0) is 36.0 Å². The fourth-order valence-corrected chi connectivity index (χ4v) is 7.33. The molecule has 10 heteroatoms. The molecule has 6 atom stereocenters. The summed E-state index contributed by atoms with van der Waals surface area (Å²) in [5, 5.41) is 16.5. The number of aliphatic carboxylic acids is 1. The minimum Gasteiger partial charge on any atom is -0.481 e. The summed E-state index contributed by atoms with van der Waals surface area (Å²) in [5.74, 6) is 2.49. The van der Waals surface area contributed by atoms with Crippen molar-refractivity contribution in [3.05, 3.63) is 39.9 Å². The summed E-state index contributed by atoms with van der Waals surface area (Å²) >= 11 is 1.52. The van der Waals surface area contributed by atoms with E-state index in [-0.39, 0.29) is 30.1 Å². The SMILES string of the molecule is C#CCCCON[C@H](C[C@H](Cc1nc(C2(N[C@@H](CCCC3=CCC4CC4(C)C=C3)CC(C)(C)C(=O)O)CO2)cs1)OC(C)=O)C(C)C. The third-order valence-corrected chi connectivity index (χ3v) is 10.7. The monoisotopic (exact) mass is 669 g/mol. The molecule has 1 aromatic rings. The van der Waals surface area contributed by atoms with E-state index in [1.165, 1.54) is 30.3 Å². The quantitative estimate of drug-likeness (QED) is 0.0432. The van der Waals surface area contributed by atoms with E-state index in [1.54, 1.807) is 13.8 Å². The molecular formula is C37H55N3O6S. The third kappa shape index (κ3) is 11.0. The van der Waals surface area contributed by atoms with Crippen LogP contribution in [0.4, 0.5) is 0 Å². The number of carbonyl (C=O) groups is 2. The molecule has 4 rings (SSSR count). The smallest absolute Gasteiger partial charge is 0.309 e. The average Bonchev–Trinajstić information content (AvgIpc) is 3.86. The first-order valence-corrected chi connectivity index (χ1v) is 18.1. The summed E-state index contributed by atoms with van der Waals surface area (Å²) in [4.78, 5) is 34.7. The second-order valence-corrected chi connectivity index (χ2v) is 15.9. The van der Waals surface area contributed by atoms with Gasteiger partial charge in [-0.1, -0.05) is 44.6 Å². The lowest BCUT2D eigenvalue weighted by atomic mass is 9.83. The van der Waals surface area contributed by atoms with Crippen molar-refractivity contribution in [3.8, 4) is 12.3 Å². The number of fused-ring (bicyclic) bond motifs is 1. The molecule has 0 spiro atoms. The number of unbranched alkanes of at least 4 members (excludes halogenated alkanes) is 1. The number of allylic oxidation sites excluding steroid dienone is 4. The van der Waals surface area contributed by atoms with Gasteiger partial charge in [0.15, 0.2) is 5.72 Å². The summed E-state index contributed by atoms with van der Waals surface area (Å²) < 4.78 is 11.8. The van der Waals surface area contributed by atoms with Crippen molar-refractivity contribution in [2.75, 3.05) is 13.2 Å². The Morgan fingerprint density at radius 2 is 2.09 bits per heavy atom. The van der Waals surface area contributed by atoms with Crippen molar-refractivity contribution in [2.45, 2.75) is 130 Å². The van der Waals surface area contributed by atoms with E-state index in [4.69, 9.17) is 25.7 Å². The number of hydrogen-bond donors (Lipinski definition) is 3. The number of aromatic nitrogens is 1. The molecule has 0 bridgehead atoms. The Morgan fingerprint density at radius 3 is 2.74 bits per heavy atom. The van der Waals surface area contributed by atoms with Gasteiger partial charge in [-0.3, -0.25) is 14.9 Å². The molecule has 0 radical (unpaired) electrons. The number of rotatable bonds is 21. The summed E-state index contributed by atoms with van der Waals surface area (Å²) in [7, 11) is 0. The van der Waals surface area contributed by atoms with E-state index in [0.717, 1.165) is 48.7 Å². The number of carboxylic acid groups (broad SMARTS) is 1. The van der Waals surface area contributed by atoms with Gasteiger partial charge in [-0.2, -0.15) is 5.48 Å². The number of terminal acetylenes is 1. The molecule has 1 saturated heterocycles. The van der Waals surface area contributed by atoms with Crippen LogP contribution in [0, 0.1) is 35.0 Å². The van der Waals surface area contributed by atoms with E-state index in [9.17, 15) is 14.7 Å². The lowest BCUT2D eigenvalue weighted by Crippen LogP contribution is -2.43. The molecule has 0 amide bonds. The molecular weight excluding hydrogens is 614 g/mol. The van der Waals surface area contributed by atoms with Crippen molar-refractivity contribution < 1.29 is 29.0 Å². The molecule has 1 saturated carbocycles. The maximum atomic E-state index is 12.1. The predicted octanol–water partition coefficient (Wildman–Crippen LogP) is 6.69. The number of esters is 1. The number of nitrogens with zero attached hydrogens (tertiary/aromatic N) is 1. The Bertz CT molecular complexity index is 1330. The number of hydroxylamine groups is 1. The van der Waals surface area contributed by atoms with Gasteiger partial charge < -0.3 is 19.4 Å². The number of ether oxygens (including phenoxy) is 2. The van der Waals surface area contributed by atoms with E-state index in [1.807, 2.05) is 5.38 Å². The number of carboxylic acids is 1. The Hall–Kier alpha value is -2.55. The van der Waals surface area contributed by atoms with Crippen molar-refractivity contribution in [2.24, 2.45) is 22.7 Å². The van der Waals surface area contributed by atoms with Crippen molar-refractivity contribution >= 4 is 23.3 Å². The lowest BCUT2D eigenvalue weighted by Gasteiger charge is -2.29. The maximum absolute atomic E-state index is 12.1. The van der Waals surface area contributed by atoms with E-state index in [2.05, 4.69) is 55.7 Å². The summed E-state index contributed by atoms with van der Waals surface area (Å²) in [5.41, 5.74) is 4.06. The van der Waals surface area contributed by atoms with Crippen LogP contribution in [0.1, 0.15) is 110 Å². The molecule has 47 heavy (non-hydrogen) atoms. The fourth-order valence-electron chi connectivity index (χ4n) is 6.41. The van der Waals surface area contributed by atoms with Crippen LogP contribution < -0.4 is 10.8 Å². The molecule has 1 aromatic heterocycles. The number of hydrogen-bond acceptors (Lipinski definition) is 9. The van der Waals surface area contributed by atoms with Gasteiger partial charge in [-0.05, 0) is 76.0 Å². The third-order valence-electron chi connectivity index (χ3n) is 9.85. The Morgan fingerprint density at radius 1 is 1.32 bits per heavy atom. The molecule has 2 heterocycles. The lowest BCUT2D eigenvalue weighted by molar-refractivity contribution is -0.148. The van der Waals surface area contributed by atoms with Crippen molar-refractivity contribution in [1.29, 1.82) is 0 Å². The van der Waals surface area contributed by atoms with Gasteiger partial charge in [0.1, 0.15) is 11.8 Å². The zero-order valence-corrected chi connectivity index (χ0v) is 29.9. The topological polar surface area (TPSA) is 122 Å². The number of thiazole rings is 1. The highest BCUT2D eigenvalue weighted by Gasteiger charge is 2.51. The zero-order valence-electron chi connectivity index (χ0n) is 29.1. The van der Waals surface area contributed by atoms with Crippen molar-refractivity contribution in [3.63, 3.8) is 0 Å². The highest BCUT2D eigenvalue weighted by atomic mass is 32.1. The molecule has 3 aliphatic rings. The Kier molecular flexibility index (Phi) is 12.9. The van der Waals surface area contributed by atoms with E-state index < -0.39 is 17.1 Å². The van der Waals surface area contributed by atoms with Crippen LogP contribution in [0.3, 0.4) is 0 Å². The molecule has 9 nitrogen and oxygen atoms in total. The highest BCUT2D eigenvalue weighted by Crippen LogP contribution is 2.56. The molecule has 2 aliphatic carbocycles. The summed E-state index contributed by atoms with van der Waals surface area (Å²) in [6, 6.07) is -0.0944. The molecule has 260 valence electrons. The maximum Gasteiger partial charge on any atom is 0.309 e. The second kappa shape index (κ2) is 16.2. The second-order valence-electron chi connectivity index (χ2n) is 14.9. The van der Waals surface area contributed by atoms with Crippen LogP contribution in [0.25, 0.3) is 0 Å². The summed E-state index contributed by atoms with van der Waals surface area (Å²) in [6.07, 6.45) is 20.2. The first-order valence-electron chi connectivity index (χ1n) is 17.2. The fraction of sp³-hybridized carbons (Fsp3) is 0.703. The minimum atomic E-state index is -0.887. The minimum absolute atomic E-state index is 0.0271. The largest absolute Gasteiger partial charge is 0.481 e. The Balaban J connectivity index is 1.39. The molecule has 3 unspecified atom stereocenters. The number of nitrogens with one attached hydrogen (secondary N) is 2. The van der Waals surface area contributed by atoms with Gasteiger partial charge in [-0.25, -0.2) is 4.98 Å². The Labute approximate surface area is 285 Å². The van der Waals surface area contributed by atoms with Crippen LogP contribution in [0.5, 0.6) is 0 Å². The first kappa shape index (κ1) is 37.3. The molecule has 0 aromatic carbocycles. The van der Waals surface area contributed by atoms with Crippen LogP contribution in [0.2, 0.25) is 0 Å². The first-order chi connectivity index (χ1) is 22.2. The van der Waals surface area contributed by atoms with Gasteiger partial charge in [-0.15, -0.1) is 23.7 Å². The summed E-state index contributed by atoms with van der Waals surface area (Å²) in [6.45, 7) is 12.5. The van der Waals surface area contributed by atoms with Gasteiger partial charge in [0.25, 0.3) is 0 Å². The molecule has 1 aliphatic heterocycles. The molecule has 3 N–H and O–H groups in total. The van der Waals surface area contributed by atoms with Crippen molar-refractivity contribution in [1.82, 2.24) is 15.8 Å². The van der Waals surface area contributed by atoms with Gasteiger partial charge in [0.05, 0.1) is 23.6 Å². The van der Waals surface area contributed by atoms with Gasteiger partial charge in [0.2, 0.25) is 0 Å².